The molecule has 0 fully saturated rings. The van der Waals surface area contributed by atoms with E-state index in [1.54, 1.807) is 24.3 Å². The van der Waals surface area contributed by atoms with Crippen LogP contribution in [0.4, 0.5) is 4.79 Å². The summed E-state index contributed by atoms with van der Waals surface area (Å²) in [5.41, 5.74) is 6.64. The first kappa shape index (κ1) is 23.3. The van der Waals surface area contributed by atoms with Gasteiger partial charge in [0.2, 0.25) is 0 Å². The highest BCUT2D eigenvalue weighted by molar-refractivity contribution is 6.30. The summed E-state index contributed by atoms with van der Waals surface area (Å²) in [6.45, 7) is 3.24. The van der Waals surface area contributed by atoms with Gasteiger partial charge in [0, 0.05) is 11.4 Å². The van der Waals surface area contributed by atoms with E-state index in [1.807, 2.05) is 26.0 Å². The number of primary amides is 1. The van der Waals surface area contributed by atoms with Crippen LogP contribution in [-0.2, 0) is 14.3 Å². The molecule has 3 rings (SSSR count). The molecule has 0 aliphatic carbocycles. The minimum absolute atomic E-state index is 0.101. The zero-order chi connectivity index (χ0) is 23.3. The highest BCUT2D eigenvalue weighted by Gasteiger charge is 2.35. The Morgan fingerprint density at radius 2 is 2.00 bits per heavy atom. The first-order valence-electron chi connectivity index (χ1n) is 10.2. The van der Waals surface area contributed by atoms with Gasteiger partial charge >= 0.3 is 12.0 Å². The lowest BCUT2D eigenvalue weighted by molar-refractivity contribution is -0.154. The summed E-state index contributed by atoms with van der Waals surface area (Å²) in [5.74, 6) is -0.596. The van der Waals surface area contributed by atoms with Crippen molar-refractivity contribution >= 4 is 35.2 Å². The van der Waals surface area contributed by atoms with Crippen molar-refractivity contribution in [3.05, 3.63) is 59.0 Å². The van der Waals surface area contributed by atoms with Gasteiger partial charge in [0.25, 0.3) is 5.91 Å². The number of hydrazone groups is 1. The number of nitrogens with zero attached hydrogens (tertiary/aromatic N) is 2. The van der Waals surface area contributed by atoms with Crippen LogP contribution >= 0.6 is 11.6 Å². The standard InChI is InChI=1S/C22H25ClN4O5/c1-13(2)10-17(25-22(24)30)21(29)32-12-20(28)27-18(19-4-3-9-31-19)11-16(26-27)14-5-7-15(23)8-6-14/h3-9,13,17-18H,10-12H2,1-2H3,(H3,24,25,30)/t17-,18+/m1/s1. The second kappa shape index (κ2) is 10.3. The van der Waals surface area contributed by atoms with Crippen molar-refractivity contribution < 1.29 is 23.5 Å². The number of hydrogen-bond acceptors (Lipinski definition) is 6. The molecule has 0 spiro atoms. The number of carbonyl (C=O) groups is 3. The van der Waals surface area contributed by atoms with E-state index in [2.05, 4.69) is 10.4 Å². The van der Waals surface area contributed by atoms with E-state index in [-0.39, 0.29) is 5.92 Å². The predicted molar refractivity (Wildman–Crippen MR) is 118 cm³/mol. The molecule has 32 heavy (non-hydrogen) atoms. The number of furan rings is 1. The molecule has 0 radical (unpaired) electrons. The highest BCUT2D eigenvalue weighted by Crippen LogP contribution is 2.33. The molecule has 10 heteroatoms. The number of carbonyl (C=O) groups excluding carboxylic acids is 3. The summed E-state index contributed by atoms with van der Waals surface area (Å²) in [6, 6.07) is 8.36. The minimum Gasteiger partial charge on any atom is -0.467 e. The molecule has 170 valence electrons. The maximum atomic E-state index is 12.9. The zero-order valence-electron chi connectivity index (χ0n) is 17.8. The fraction of sp³-hybridized carbons (Fsp3) is 0.364. The Hall–Kier alpha value is -3.33. The van der Waals surface area contributed by atoms with Crippen molar-refractivity contribution in [1.82, 2.24) is 10.3 Å². The molecular formula is C22H25ClN4O5. The van der Waals surface area contributed by atoms with E-state index in [0.29, 0.717) is 29.3 Å². The third-order valence-corrected chi connectivity index (χ3v) is 5.11. The monoisotopic (exact) mass is 460 g/mol. The number of ether oxygens (including phenoxy) is 1. The van der Waals surface area contributed by atoms with Crippen LogP contribution < -0.4 is 11.1 Å². The summed E-state index contributed by atoms with van der Waals surface area (Å²) >= 11 is 5.96. The SMILES string of the molecule is CC(C)C[C@@H](NC(N)=O)C(=O)OCC(=O)N1N=C(c2ccc(Cl)cc2)C[C@H]1c1ccco1. The van der Waals surface area contributed by atoms with Gasteiger partial charge in [0.1, 0.15) is 17.8 Å². The molecule has 3 amide bonds. The van der Waals surface area contributed by atoms with Gasteiger partial charge < -0.3 is 20.2 Å². The quantitative estimate of drug-likeness (QED) is 0.584. The van der Waals surface area contributed by atoms with E-state index >= 15 is 0 Å². The summed E-state index contributed by atoms with van der Waals surface area (Å²) in [5, 5.41) is 8.67. The van der Waals surface area contributed by atoms with Crippen LogP contribution in [0.1, 0.15) is 44.1 Å². The lowest BCUT2D eigenvalue weighted by atomic mass is 10.0. The van der Waals surface area contributed by atoms with E-state index in [9.17, 15) is 14.4 Å². The Labute approximate surface area is 190 Å². The van der Waals surface area contributed by atoms with Gasteiger partial charge in [0.05, 0.1) is 12.0 Å². The average Bonchev–Trinajstić information content (AvgIpc) is 3.41. The predicted octanol–water partition coefficient (Wildman–Crippen LogP) is 3.24. The molecular weight excluding hydrogens is 436 g/mol. The third kappa shape index (κ3) is 5.88. The molecule has 1 aliphatic rings. The minimum atomic E-state index is -0.937. The van der Waals surface area contributed by atoms with Crippen molar-refractivity contribution in [1.29, 1.82) is 0 Å². The maximum Gasteiger partial charge on any atom is 0.329 e. The fourth-order valence-corrected chi connectivity index (χ4v) is 3.54. The van der Waals surface area contributed by atoms with Crippen molar-refractivity contribution in [3.8, 4) is 0 Å². The first-order valence-corrected chi connectivity index (χ1v) is 10.5. The van der Waals surface area contributed by atoms with Crippen LogP contribution in [0.15, 0.2) is 52.2 Å². The van der Waals surface area contributed by atoms with Gasteiger partial charge in [-0.05, 0) is 42.2 Å². The molecule has 0 saturated carbocycles. The fourth-order valence-electron chi connectivity index (χ4n) is 3.42. The average molecular weight is 461 g/mol. The second-order valence-corrected chi connectivity index (χ2v) is 8.26. The summed E-state index contributed by atoms with van der Waals surface area (Å²) < 4.78 is 10.7. The van der Waals surface area contributed by atoms with Crippen molar-refractivity contribution in [2.45, 2.75) is 38.8 Å². The Kier molecular flexibility index (Phi) is 7.53. The second-order valence-electron chi connectivity index (χ2n) is 7.83. The number of rotatable bonds is 8. The molecule has 9 nitrogen and oxygen atoms in total. The van der Waals surface area contributed by atoms with Crippen molar-refractivity contribution in [2.24, 2.45) is 16.8 Å². The Balaban J connectivity index is 1.73. The van der Waals surface area contributed by atoms with Gasteiger partial charge in [-0.2, -0.15) is 5.10 Å². The summed E-state index contributed by atoms with van der Waals surface area (Å²) in [6.07, 6.45) is 2.27. The molecule has 2 aromatic rings. The van der Waals surface area contributed by atoms with E-state index in [4.69, 9.17) is 26.5 Å². The maximum absolute atomic E-state index is 12.9. The number of esters is 1. The summed E-state index contributed by atoms with van der Waals surface area (Å²) in [7, 11) is 0. The normalized spacial score (nSPS) is 16.6. The van der Waals surface area contributed by atoms with E-state index < -0.39 is 36.6 Å². The number of benzene rings is 1. The Bertz CT molecular complexity index is 988. The molecule has 0 unspecified atom stereocenters. The van der Waals surface area contributed by atoms with Crippen LogP contribution in [0, 0.1) is 5.92 Å². The van der Waals surface area contributed by atoms with Crippen LogP contribution in [0.2, 0.25) is 5.02 Å². The number of halogens is 1. The van der Waals surface area contributed by atoms with Gasteiger partial charge in [-0.25, -0.2) is 14.6 Å². The molecule has 1 aliphatic heterocycles. The number of hydrogen-bond donors (Lipinski definition) is 2. The van der Waals surface area contributed by atoms with Crippen LogP contribution in [0.25, 0.3) is 0 Å². The Morgan fingerprint density at radius 1 is 1.28 bits per heavy atom. The van der Waals surface area contributed by atoms with E-state index in [1.165, 1.54) is 11.3 Å². The Morgan fingerprint density at radius 3 is 2.59 bits per heavy atom. The third-order valence-electron chi connectivity index (χ3n) is 4.86. The summed E-state index contributed by atoms with van der Waals surface area (Å²) in [4.78, 5) is 36.6. The van der Waals surface area contributed by atoms with Crippen LogP contribution in [0.3, 0.4) is 0 Å². The van der Waals surface area contributed by atoms with Crippen molar-refractivity contribution in [2.75, 3.05) is 6.61 Å². The topological polar surface area (TPSA) is 127 Å². The number of nitrogens with two attached hydrogens (primary N) is 1. The molecule has 1 aromatic heterocycles. The molecule has 1 aromatic carbocycles. The highest BCUT2D eigenvalue weighted by atomic mass is 35.5. The molecule has 2 heterocycles. The van der Waals surface area contributed by atoms with Crippen LogP contribution in [0.5, 0.6) is 0 Å². The lowest BCUT2D eigenvalue weighted by Gasteiger charge is -2.21. The van der Waals surface area contributed by atoms with Gasteiger partial charge in [-0.1, -0.05) is 37.6 Å². The number of amides is 3. The van der Waals surface area contributed by atoms with Crippen molar-refractivity contribution in [3.63, 3.8) is 0 Å². The molecule has 0 bridgehead atoms. The molecule has 2 atom stereocenters. The largest absolute Gasteiger partial charge is 0.467 e. The number of urea groups is 1. The van der Waals surface area contributed by atoms with E-state index in [0.717, 1.165) is 5.56 Å². The smallest absolute Gasteiger partial charge is 0.329 e. The zero-order valence-corrected chi connectivity index (χ0v) is 18.5. The van der Waals surface area contributed by atoms with Gasteiger partial charge in [0.15, 0.2) is 6.61 Å². The van der Waals surface area contributed by atoms with Gasteiger partial charge in [-0.15, -0.1) is 0 Å². The molecule has 0 saturated heterocycles. The van der Waals surface area contributed by atoms with Gasteiger partial charge in [-0.3, -0.25) is 4.79 Å². The first-order chi connectivity index (χ1) is 15.2. The molecule has 3 N–H and O–H groups in total. The van der Waals surface area contributed by atoms with Crippen LogP contribution in [-0.4, -0.2) is 41.3 Å². The number of nitrogens with one attached hydrogen (secondary N) is 1. The lowest BCUT2D eigenvalue weighted by Crippen LogP contribution is -2.46.